The molecule has 26 heavy (non-hydrogen) atoms. The van der Waals surface area contributed by atoms with E-state index in [1.807, 2.05) is 31.3 Å². The number of nitrogens with zero attached hydrogens (tertiary/aromatic N) is 3. The van der Waals surface area contributed by atoms with Crippen molar-refractivity contribution in [1.82, 2.24) is 14.7 Å². The van der Waals surface area contributed by atoms with Gasteiger partial charge in [0.25, 0.3) is 0 Å². The standard InChI is InChI=1S/C21H27N3O2/c1-15(2)24-20(8-10-22-24)18-12-23(4)11-9-17(18)14-26-21-7-5-6-16(3)19(21)13-25/h5-8,10,13,15H,9,11-12,14H2,1-4H3. The Balaban J connectivity index is 1.91. The minimum atomic E-state index is 0.306. The highest BCUT2D eigenvalue weighted by molar-refractivity contribution is 5.81. The van der Waals surface area contributed by atoms with Crippen LogP contribution in [0.15, 0.2) is 36.0 Å². The quantitative estimate of drug-likeness (QED) is 0.742. The third-order valence-electron chi connectivity index (χ3n) is 4.92. The van der Waals surface area contributed by atoms with Crippen LogP contribution in [-0.2, 0) is 0 Å². The van der Waals surface area contributed by atoms with Crippen LogP contribution in [-0.4, -0.2) is 47.7 Å². The number of rotatable bonds is 6. The highest BCUT2D eigenvalue weighted by Gasteiger charge is 2.22. The fraction of sp³-hybridized carbons (Fsp3) is 0.429. The molecular weight excluding hydrogens is 326 g/mol. The molecule has 0 radical (unpaired) electrons. The summed E-state index contributed by atoms with van der Waals surface area (Å²) in [5.41, 5.74) is 5.29. The first-order chi connectivity index (χ1) is 12.5. The van der Waals surface area contributed by atoms with Crippen LogP contribution in [0.1, 0.15) is 47.9 Å². The predicted molar refractivity (Wildman–Crippen MR) is 104 cm³/mol. The van der Waals surface area contributed by atoms with E-state index in [9.17, 15) is 4.79 Å². The summed E-state index contributed by atoms with van der Waals surface area (Å²) < 4.78 is 8.14. The average molecular weight is 353 g/mol. The molecule has 0 unspecified atom stereocenters. The zero-order valence-electron chi connectivity index (χ0n) is 16.0. The van der Waals surface area contributed by atoms with Crippen molar-refractivity contribution in [2.75, 3.05) is 26.7 Å². The van der Waals surface area contributed by atoms with Crippen molar-refractivity contribution in [2.45, 2.75) is 33.2 Å². The minimum absolute atomic E-state index is 0.306. The molecule has 1 aromatic carbocycles. The predicted octanol–water partition coefficient (Wildman–Crippen LogP) is 3.75. The van der Waals surface area contributed by atoms with Crippen LogP contribution in [0.5, 0.6) is 5.75 Å². The maximum absolute atomic E-state index is 11.4. The van der Waals surface area contributed by atoms with Crippen molar-refractivity contribution in [3.63, 3.8) is 0 Å². The number of ether oxygens (including phenoxy) is 1. The van der Waals surface area contributed by atoms with E-state index >= 15 is 0 Å². The molecular formula is C21H27N3O2. The second kappa shape index (κ2) is 7.87. The molecule has 0 fully saturated rings. The number of carbonyl (C=O) groups is 1. The SMILES string of the molecule is Cc1cccc(OCC2=C(c3ccnn3C(C)C)CN(C)CC2)c1C=O. The lowest BCUT2D eigenvalue weighted by molar-refractivity contribution is 0.111. The van der Waals surface area contributed by atoms with Crippen molar-refractivity contribution >= 4 is 11.9 Å². The summed E-state index contributed by atoms with van der Waals surface area (Å²) in [5.74, 6) is 0.656. The first-order valence-corrected chi connectivity index (χ1v) is 9.12. The molecule has 0 N–H and O–H groups in total. The molecule has 1 aliphatic heterocycles. The van der Waals surface area contributed by atoms with Crippen LogP contribution in [0.25, 0.3) is 5.57 Å². The summed E-state index contributed by atoms with van der Waals surface area (Å²) >= 11 is 0. The van der Waals surface area contributed by atoms with E-state index in [2.05, 4.69) is 41.6 Å². The maximum atomic E-state index is 11.4. The van der Waals surface area contributed by atoms with Gasteiger partial charge in [-0.05, 0) is 63.1 Å². The molecule has 1 aromatic heterocycles. The molecule has 0 amide bonds. The van der Waals surface area contributed by atoms with E-state index in [0.717, 1.165) is 37.1 Å². The summed E-state index contributed by atoms with van der Waals surface area (Å²) in [6, 6.07) is 8.11. The van der Waals surface area contributed by atoms with Crippen molar-refractivity contribution in [3.8, 4) is 5.75 Å². The molecule has 0 aliphatic carbocycles. The third kappa shape index (κ3) is 3.73. The molecule has 5 heteroatoms. The van der Waals surface area contributed by atoms with Gasteiger partial charge in [-0.2, -0.15) is 5.10 Å². The van der Waals surface area contributed by atoms with Crippen LogP contribution < -0.4 is 4.74 Å². The third-order valence-corrected chi connectivity index (χ3v) is 4.92. The first kappa shape index (κ1) is 18.4. The van der Waals surface area contributed by atoms with Crippen LogP contribution in [0.2, 0.25) is 0 Å². The lowest BCUT2D eigenvalue weighted by Gasteiger charge is -2.29. The zero-order chi connectivity index (χ0) is 18.7. The second-order valence-corrected chi connectivity index (χ2v) is 7.22. The van der Waals surface area contributed by atoms with Gasteiger partial charge in [0, 0.05) is 25.3 Å². The topological polar surface area (TPSA) is 47.4 Å². The minimum Gasteiger partial charge on any atom is -0.488 e. The largest absolute Gasteiger partial charge is 0.488 e. The Hall–Kier alpha value is -2.40. The van der Waals surface area contributed by atoms with Crippen LogP contribution >= 0.6 is 0 Å². The average Bonchev–Trinajstić information content (AvgIpc) is 3.10. The number of likely N-dealkylation sites (N-methyl/N-ethyl adjacent to an activating group) is 1. The Kier molecular flexibility index (Phi) is 5.57. The molecule has 5 nitrogen and oxygen atoms in total. The number of carbonyl (C=O) groups excluding carboxylic acids is 1. The van der Waals surface area contributed by atoms with E-state index < -0.39 is 0 Å². The molecule has 0 saturated carbocycles. The van der Waals surface area contributed by atoms with E-state index in [-0.39, 0.29) is 0 Å². The number of aryl methyl sites for hydroxylation is 1. The van der Waals surface area contributed by atoms with E-state index in [4.69, 9.17) is 4.74 Å². The Morgan fingerprint density at radius 2 is 2.12 bits per heavy atom. The summed E-state index contributed by atoms with van der Waals surface area (Å²) in [7, 11) is 2.14. The summed E-state index contributed by atoms with van der Waals surface area (Å²) in [4.78, 5) is 13.7. The fourth-order valence-electron chi connectivity index (χ4n) is 3.42. The van der Waals surface area contributed by atoms with Gasteiger partial charge in [-0.25, -0.2) is 0 Å². The van der Waals surface area contributed by atoms with Gasteiger partial charge < -0.3 is 9.64 Å². The smallest absolute Gasteiger partial charge is 0.154 e. The highest BCUT2D eigenvalue weighted by Crippen LogP contribution is 2.29. The van der Waals surface area contributed by atoms with Crippen molar-refractivity contribution in [1.29, 1.82) is 0 Å². The molecule has 3 rings (SSSR count). The van der Waals surface area contributed by atoms with Gasteiger partial charge >= 0.3 is 0 Å². The summed E-state index contributed by atoms with van der Waals surface area (Å²) in [6.07, 6.45) is 3.69. The lowest BCUT2D eigenvalue weighted by atomic mass is 9.98. The second-order valence-electron chi connectivity index (χ2n) is 7.22. The molecule has 0 saturated heterocycles. The summed E-state index contributed by atoms with van der Waals surface area (Å²) in [6.45, 7) is 8.60. The van der Waals surface area contributed by atoms with E-state index in [1.165, 1.54) is 11.1 Å². The van der Waals surface area contributed by atoms with Crippen LogP contribution in [0.3, 0.4) is 0 Å². The molecule has 1 aliphatic rings. The number of aromatic nitrogens is 2. The normalized spacial score (nSPS) is 15.6. The van der Waals surface area contributed by atoms with Gasteiger partial charge in [-0.1, -0.05) is 12.1 Å². The molecule has 0 atom stereocenters. The highest BCUT2D eigenvalue weighted by atomic mass is 16.5. The van der Waals surface area contributed by atoms with Gasteiger partial charge in [0.1, 0.15) is 12.4 Å². The number of hydrogen-bond acceptors (Lipinski definition) is 4. The van der Waals surface area contributed by atoms with Gasteiger partial charge in [-0.15, -0.1) is 0 Å². The van der Waals surface area contributed by atoms with Gasteiger partial charge in [0.2, 0.25) is 0 Å². The fourth-order valence-corrected chi connectivity index (χ4v) is 3.42. The van der Waals surface area contributed by atoms with Crippen LogP contribution in [0, 0.1) is 6.92 Å². The Morgan fingerprint density at radius 1 is 1.31 bits per heavy atom. The van der Waals surface area contributed by atoms with Gasteiger partial charge in [-0.3, -0.25) is 9.48 Å². The molecule has 0 bridgehead atoms. The van der Waals surface area contributed by atoms with Crippen molar-refractivity contribution < 1.29 is 9.53 Å². The first-order valence-electron chi connectivity index (χ1n) is 9.12. The van der Waals surface area contributed by atoms with E-state index in [1.54, 1.807) is 0 Å². The Bertz CT molecular complexity index is 820. The van der Waals surface area contributed by atoms with Gasteiger partial charge in [0.05, 0.1) is 11.3 Å². The maximum Gasteiger partial charge on any atom is 0.154 e. The molecule has 138 valence electrons. The van der Waals surface area contributed by atoms with Crippen molar-refractivity contribution in [3.05, 3.63) is 52.9 Å². The van der Waals surface area contributed by atoms with Crippen molar-refractivity contribution in [2.24, 2.45) is 0 Å². The van der Waals surface area contributed by atoms with E-state index in [0.29, 0.717) is 24.0 Å². The molecule has 2 aromatic rings. The Morgan fingerprint density at radius 3 is 2.85 bits per heavy atom. The summed E-state index contributed by atoms with van der Waals surface area (Å²) in [5, 5.41) is 4.48. The van der Waals surface area contributed by atoms with Gasteiger partial charge in [0.15, 0.2) is 6.29 Å². The zero-order valence-corrected chi connectivity index (χ0v) is 16.0. The molecule has 0 spiro atoms. The van der Waals surface area contributed by atoms with Crippen LogP contribution in [0.4, 0.5) is 0 Å². The number of hydrogen-bond donors (Lipinski definition) is 0. The number of benzene rings is 1. The monoisotopic (exact) mass is 353 g/mol. The lowest BCUT2D eigenvalue weighted by Crippen LogP contribution is -2.30. The molecule has 2 heterocycles. The number of aldehydes is 1. The Labute approximate surface area is 155 Å².